The molecular weight excluding hydrogens is 553 g/mol. The van der Waals surface area contributed by atoms with Crippen LogP contribution in [0.4, 0.5) is 0 Å². The Hall–Kier alpha value is -3.90. The lowest BCUT2D eigenvalue weighted by atomic mass is 9.77. The fourth-order valence-electron chi connectivity index (χ4n) is 8.88. The maximum Gasteiger partial charge on any atom is -0.00259 e. The lowest BCUT2D eigenvalue weighted by molar-refractivity contribution is 0.435. The second kappa shape index (κ2) is 12.0. The molecule has 0 N–H and O–H groups in total. The Kier molecular flexibility index (Phi) is 7.72. The number of rotatable bonds is 4. The van der Waals surface area contributed by atoms with E-state index < -0.39 is 0 Å². The van der Waals surface area contributed by atoms with E-state index in [1.54, 1.807) is 11.1 Å². The molecule has 2 fully saturated rings. The van der Waals surface area contributed by atoms with Crippen LogP contribution in [-0.4, -0.2) is 0 Å². The predicted octanol–water partition coefficient (Wildman–Crippen LogP) is 13.8. The molecule has 0 nitrogen and oxygen atoms in total. The van der Waals surface area contributed by atoms with Crippen LogP contribution in [0.25, 0.3) is 54.6 Å². The van der Waals surface area contributed by atoms with Gasteiger partial charge in [-0.15, -0.1) is 0 Å². The second-order valence-corrected chi connectivity index (χ2v) is 14.8. The monoisotopic (exact) mass is 600 g/mol. The minimum absolute atomic E-state index is 0.693. The molecule has 0 aromatic heterocycles. The van der Waals surface area contributed by atoms with Gasteiger partial charge in [-0.25, -0.2) is 0 Å². The van der Waals surface area contributed by atoms with E-state index in [0.29, 0.717) is 11.8 Å². The van der Waals surface area contributed by atoms with Crippen molar-refractivity contribution in [2.75, 3.05) is 0 Å². The first-order chi connectivity index (χ1) is 22.4. The van der Waals surface area contributed by atoms with Crippen LogP contribution in [0.1, 0.15) is 109 Å². The molecule has 0 spiro atoms. The van der Waals surface area contributed by atoms with Gasteiger partial charge in [-0.1, -0.05) is 117 Å². The molecule has 6 aromatic rings. The van der Waals surface area contributed by atoms with Gasteiger partial charge in [0.15, 0.2) is 0 Å². The molecule has 0 heteroatoms. The number of benzene rings is 6. The van der Waals surface area contributed by atoms with Crippen LogP contribution < -0.4 is 0 Å². The van der Waals surface area contributed by atoms with Gasteiger partial charge in [0.25, 0.3) is 0 Å². The Morgan fingerprint density at radius 1 is 0.391 bits per heavy atom. The van der Waals surface area contributed by atoms with E-state index in [1.165, 1.54) is 141 Å². The molecule has 2 aliphatic carbocycles. The van der Waals surface area contributed by atoms with Crippen LogP contribution in [-0.2, 0) is 0 Å². The SMILES string of the molecule is Cc1cc2c(-c3cc(C4CCCCC4)cc(C4CCCCC4)c3)c3cc(C)c(C)cc3c(-c3ccc4ccccc4c3)c2cc1C. The maximum absolute atomic E-state index is 2.65. The minimum atomic E-state index is 0.693. The summed E-state index contributed by atoms with van der Waals surface area (Å²) in [7, 11) is 0. The summed E-state index contributed by atoms with van der Waals surface area (Å²) in [6.07, 6.45) is 13.6. The molecule has 0 saturated heterocycles. The van der Waals surface area contributed by atoms with E-state index in [0.717, 1.165) is 0 Å². The fourth-order valence-corrected chi connectivity index (χ4v) is 8.88. The topological polar surface area (TPSA) is 0 Å². The van der Waals surface area contributed by atoms with E-state index in [2.05, 4.69) is 113 Å². The quantitative estimate of drug-likeness (QED) is 0.177. The first-order valence-electron chi connectivity index (χ1n) is 18.1. The van der Waals surface area contributed by atoms with Crippen LogP contribution >= 0.6 is 0 Å². The minimum Gasteiger partial charge on any atom is -0.0616 e. The van der Waals surface area contributed by atoms with Crippen molar-refractivity contribution in [3.8, 4) is 22.3 Å². The summed E-state index contributed by atoms with van der Waals surface area (Å²) in [5.74, 6) is 1.39. The van der Waals surface area contributed by atoms with Gasteiger partial charge in [0, 0.05) is 0 Å². The average molecular weight is 601 g/mol. The number of aryl methyl sites for hydroxylation is 4. The van der Waals surface area contributed by atoms with Crippen molar-refractivity contribution in [3.63, 3.8) is 0 Å². The molecular formula is C46H48. The zero-order valence-corrected chi connectivity index (χ0v) is 28.3. The van der Waals surface area contributed by atoms with Crippen molar-refractivity contribution >= 4 is 32.3 Å². The lowest BCUT2D eigenvalue weighted by Crippen LogP contribution is -2.09. The number of hydrogen-bond acceptors (Lipinski definition) is 0. The molecule has 0 aliphatic heterocycles. The zero-order valence-electron chi connectivity index (χ0n) is 28.3. The Balaban J connectivity index is 1.47. The molecule has 46 heavy (non-hydrogen) atoms. The van der Waals surface area contributed by atoms with Crippen LogP contribution in [0.2, 0.25) is 0 Å². The molecule has 2 saturated carbocycles. The van der Waals surface area contributed by atoms with Gasteiger partial charge in [0.1, 0.15) is 0 Å². The molecule has 232 valence electrons. The van der Waals surface area contributed by atoms with Crippen molar-refractivity contribution in [1.82, 2.24) is 0 Å². The summed E-state index contributed by atoms with van der Waals surface area (Å²) in [4.78, 5) is 0. The van der Waals surface area contributed by atoms with E-state index in [9.17, 15) is 0 Å². The summed E-state index contributed by atoms with van der Waals surface area (Å²) in [5, 5.41) is 8.16. The van der Waals surface area contributed by atoms with Crippen molar-refractivity contribution < 1.29 is 0 Å². The van der Waals surface area contributed by atoms with Gasteiger partial charge in [-0.3, -0.25) is 0 Å². The molecule has 0 amide bonds. The van der Waals surface area contributed by atoms with Gasteiger partial charge >= 0.3 is 0 Å². The van der Waals surface area contributed by atoms with Gasteiger partial charge in [-0.2, -0.15) is 0 Å². The highest BCUT2D eigenvalue weighted by atomic mass is 14.3. The van der Waals surface area contributed by atoms with Crippen molar-refractivity contribution in [1.29, 1.82) is 0 Å². The molecule has 0 radical (unpaired) electrons. The van der Waals surface area contributed by atoms with E-state index in [1.807, 2.05) is 0 Å². The molecule has 0 bridgehead atoms. The number of fused-ring (bicyclic) bond motifs is 3. The molecule has 6 aromatic carbocycles. The van der Waals surface area contributed by atoms with Gasteiger partial charge in [-0.05, 0) is 159 Å². The van der Waals surface area contributed by atoms with E-state index in [4.69, 9.17) is 0 Å². The average Bonchev–Trinajstić information content (AvgIpc) is 3.09. The second-order valence-electron chi connectivity index (χ2n) is 14.8. The van der Waals surface area contributed by atoms with Crippen LogP contribution in [0.3, 0.4) is 0 Å². The normalized spacial score (nSPS) is 16.5. The van der Waals surface area contributed by atoms with Crippen LogP contribution in [0.5, 0.6) is 0 Å². The summed E-state index contributed by atoms with van der Waals surface area (Å²) in [5.41, 5.74) is 14.2. The summed E-state index contributed by atoms with van der Waals surface area (Å²) < 4.78 is 0. The van der Waals surface area contributed by atoms with Crippen molar-refractivity contribution in [2.45, 2.75) is 104 Å². The first-order valence-corrected chi connectivity index (χ1v) is 18.1. The first kappa shape index (κ1) is 29.5. The largest absolute Gasteiger partial charge is 0.0616 e. The third-order valence-corrected chi connectivity index (χ3v) is 11.8. The van der Waals surface area contributed by atoms with Gasteiger partial charge in [0.2, 0.25) is 0 Å². The third-order valence-electron chi connectivity index (χ3n) is 11.8. The predicted molar refractivity (Wildman–Crippen MR) is 200 cm³/mol. The summed E-state index contributed by atoms with van der Waals surface area (Å²) in [6.45, 7) is 9.16. The Bertz CT molecular complexity index is 1990. The highest BCUT2D eigenvalue weighted by Gasteiger charge is 2.24. The Morgan fingerprint density at radius 2 is 0.826 bits per heavy atom. The smallest absolute Gasteiger partial charge is 0.00259 e. The lowest BCUT2D eigenvalue weighted by Gasteiger charge is -2.28. The maximum atomic E-state index is 2.65. The number of hydrogen-bond donors (Lipinski definition) is 0. The van der Waals surface area contributed by atoms with Crippen molar-refractivity contribution in [3.05, 3.63) is 118 Å². The molecule has 0 atom stereocenters. The Labute approximate surface area is 275 Å². The van der Waals surface area contributed by atoms with Crippen LogP contribution in [0.15, 0.2) is 84.9 Å². The summed E-state index contributed by atoms with van der Waals surface area (Å²) in [6, 6.07) is 33.7. The van der Waals surface area contributed by atoms with E-state index in [-0.39, 0.29) is 0 Å². The molecule has 8 rings (SSSR count). The third kappa shape index (κ3) is 5.25. The zero-order chi connectivity index (χ0) is 31.4. The molecule has 0 unspecified atom stereocenters. The summed E-state index contributed by atoms with van der Waals surface area (Å²) >= 11 is 0. The standard InChI is InChI=1S/C46H48/c1-29-21-41-43(23-31(29)3)46(40-27-38(33-13-7-5-8-14-33)26-39(28-40)34-15-9-6-10-16-34)44-24-32(4)30(2)22-42(44)45(41)37-20-19-35-17-11-12-18-36(35)25-37/h11-12,17-28,33-34H,5-10,13-16H2,1-4H3. The highest BCUT2D eigenvalue weighted by Crippen LogP contribution is 2.48. The van der Waals surface area contributed by atoms with Gasteiger partial charge < -0.3 is 0 Å². The van der Waals surface area contributed by atoms with Crippen LogP contribution in [0, 0.1) is 27.7 Å². The van der Waals surface area contributed by atoms with Crippen molar-refractivity contribution in [2.24, 2.45) is 0 Å². The molecule has 0 heterocycles. The van der Waals surface area contributed by atoms with Gasteiger partial charge in [0.05, 0.1) is 0 Å². The Morgan fingerprint density at radius 3 is 1.30 bits per heavy atom. The molecule has 2 aliphatic rings. The highest BCUT2D eigenvalue weighted by molar-refractivity contribution is 6.22. The fraction of sp³-hybridized carbons (Fsp3) is 0.348. The van der Waals surface area contributed by atoms with E-state index >= 15 is 0 Å².